The molecule has 2 aromatic rings. The summed E-state index contributed by atoms with van der Waals surface area (Å²) in [6.07, 6.45) is 0. The monoisotopic (exact) mass is 391 g/mol. The van der Waals surface area contributed by atoms with Gasteiger partial charge in [0.2, 0.25) is 0 Å². The van der Waals surface area contributed by atoms with Crippen LogP contribution in [0.25, 0.3) is 0 Å². The van der Waals surface area contributed by atoms with Crippen molar-refractivity contribution in [2.45, 2.75) is 13.8 Å². The molecule has 0 aliphatic carbocycles. The number of rotatable bonds is 5. The molecule has 0 aliphatic rings. The van der Waals surface area contributed by atoms with Crippen LogP contribution in [0.3, 0.4) is 0 Å². The van der Waals surface area contributed by atoms with E-state index in [0.29, 0.717) is 17.0 Å². The normalized spacial score (nSPS) is 10.2. The largest absolute Gasteiger partial charge is 0.483 e. The molecule has 1 N–H and O–H groups in total. The zero-order chi connectivity index (χ0) is 17.7. The first kappa shape index (κ1) is 18.0. The highest BCUT2D eigenvalue weighted by molar-refractivity contribution is 9.10. The first-order chi connectivity index (χ1) is 11.4. The summed E-state index contributed by atoms with van der Waals surface area (Å²) in [5.41, 5.74) is 2.77. The molecule has 0 fully saturated rings. The first-order valence-electron chi connectivity index (χ1n) is 7.28. The maximum absolute atomic E-state index is 12.1. The molecule has 0 heterocycles. The summed E-state index contributed by atoms with van der Waals surface area (Å²) in [7, 11) is 1.31. The molecule has 2 rings (SSSR count). The van der Waals surface area contributed by atoms with E-state index in [4.69, 9.17) is 4.74 Å². The Morgan fingerprint density at radius 1 is 1.12 bits per heavy atom. The second-order valence-electron chi connectivity index (χ2n) is 5.28. The molecule has 0 aliphatic heterocycles. The van der Waals surface area contributed by atoms with Gasteiger partial charge in [-0.05, 0) is 55.3 Å². The Kier molecular flexibility index (Phi) is 5.98. The van der Waals surface area contributed by atoms with E-state index in [1.165, 1.54) is 7.11 Å². The van der Waals surface area contributed by atoms with Crippen LogP contribution in [-0.4, -0.2) is 25.6 Å². The van der Waals surface area contributed by atoms with Gasteiger partial charge in [0.15, 0.2) is 6.61 Å². The Bertz CT molecular complexity index is 750. The summed E-state index contributed by atoms with van der Waals surface area (Å²) in [4.78, 5) is 23.6. The molecule has 5 nitrogen and oxygen atoms in total. The van der Waals surface area contributed by atoms with E-state index in [1.54, 1.807) is 24.3 Å². The molecule has 126 valence electrons. The second-order valence-corrected chi connectivity index (χ2v) is 6.19. The summed E-state index contributed by atoms with van der Waals surface area (Å²) >= 11 is 3.42. The molecular weight excluding hydrogens is 374 g/mol. The van der Waals surface area contributed by atoms with Gasteiger partial charge < -0.3 is 14.8 Å². The second kappa shape index (κ2) is 7.97. The molecular formula is C18H18BrNO4. The fourth-order valence-corrected chi connectivity index (χ4v) is 2.99. The average molecular weight is 392 g/mol. The van der Waals surface area contributed by atoms with Crippen molar-refractivity contribution < 1.29 is 19.1 Å². The SMILES string of the molecule is COC(=O)c1cccc(NC(=O)COc2c(C)cc(Br)cc2C)c1. The Balaban J connectivity index is 2.01. The van der Waals surface area contributed by atoms with Gasteiger partial charge in [-0.1, -0.05) is 22.0 Å². The van der Waals surface area contributed by atoms with Crippen molar-refractivity contribution in [3.05, 3.63) is 57.6 Å². The lowest BCUT2D eigenvalue weighted by molar-refractivity contribution is -0.118. The lowest BCUT2D eigenvalue weighted by atomic mass is 10.1. The van der Waals surface area contributed by atoms with Gasteiger partial charge in [-0.15, -0.1) is 0 Å². The number of carbonyl (C=O) groups excluding carboxylic acids is 2. The zero-order valence-corrected chi connectivity index (χ0v) is 15.3. The number of esters is 1. The van der Waals surface area contributed by atoms with Crippen LogP contribution in [0.15, 0.2) is 40.9 Å². The minimum absolute atomic E-state index is 0.119. The number of halogens is 1. The van der Waals surface area contributed by atoms with Gasteiger partial charge in [0.05, 0.1) is 12.7 Å². The quantitative estimate of drug-likeness (QED) is 0.785. The van der Waals surface area contributed by atoms with E-state index in [-0.39, 0.29) is 12.5 Å². The molecule has 0 spiro atoms. The van der Waals surface area contributed by atoms with Crippen LogP contribution in [0.2, 0.25) is 0 Å². The summed E-state index contributed by atoms with van der Waals surface area (Å²) in [5.74, 6) is -0.0705. The van der Waals surface area contributed by atoms with E-state index in [2.05, 4.69) is 26.0 Å². The fourth-order valence-electron chi connectivity index (χ4n) is 2.30. The summed E-state index contributed by atoms with van der Waals surface area (Å²) < 4.78 is 11.3. The highest BCUT2D eigenvalue weighted by Gasteiger charge is 2.10. The highest BCUT2D eigenvalue weighted by Crippen LogP contribution is 2.27. The van der Waals surface area contributed by atoms with Crippen molar-refractivity contribution in [2.24, 2.45) is 0 Å². The molecule has 0 unspecified atom stereocenters. The smallest absolute Gasteiger partial charge is 0.337 e. The average Bonchev–Trinajstić information content (AvgIpc) is 2.53. The number of amides is 1. The van der Waals surface area contributed by atoms with Gasteiger partial charge in [0.25, 0.3) is 5.91 Å². The molecule has 0 saturated carbocycles. The first-order valence-corrected chi connectivity index (χ1v) is 8.08. The maximum atomic E-state index is 12.1. The number of benzene rings is 2. The van der Waals surface area contributed by atoms with Gasteiger partial charge in [0.1, 0.15) is 5.75 Å². The Morgan fingerprint density at radius 3 is 2.42 bits per heavy atom. The number of aryl methyl sites for hydroxylation is 2. The number of ether oxygens (including phenoxy) is 2. The van der Waals surface area contributed by atoms with Crippen LogP contribution < -0.4 is 10.1 Å². The molecule has 2 aromatic carbocycles. The van der Waals surface area contributed by atoms with E-state index in [1.807, 2.05) is 26.0 Å². The van der Waals surface area contributed by atoms with Crippen molar-refractivity contribution in [3.63, 3.8) is 0 Å². The summed E-state index contributed by atoms with van der Waals surface area (Å²) in [6, 6.07) is 10.4. The van der Waals surface area contributed by atoms with Gasteiger partial charge in [-0.3, -0.25) is 4.79 Å². The Morgan fingerprint density at radius 2 is 1.79 bits per heavy atom. The van der Waals surface area contributed by atoms with Gasteiger partial charge >= 0.3 is 5.97 Å². The van der Waals surface area contributed by atoms with Crippen LogP contribution in [0.1, 0.15) is 21.5 Å². The standard InChI is InChI=1S/C18H18BrNO4/c1-11-7-14(19)8-12(2)17(11)24-10-16(21)20-15-6-4-5-13(9-15)18(22)23-3/h4-9H,10H2,1-3H3,(H,20,21). The molecule has 1 amide bonds. The van der Waals surface area contributed by atoms with Gasteiger partial charge in [0, 0.05) is 10.2 Å². The molecule has 0 bridgehead atoms. The minimum Gasteiger partial charge on any atom is -0.483 e. The summed E-state index contributed by atoms with van der Waals surface area (Å²) in [5, 5.41) is 2.70. The van der Waals surface area contributed by atoms with E-state index in [0.717, 1.165) is 15.6 Å². The molecule has 0 aromatic heterocycles. The van der Waals surface area contributed by atoms with Gasteiger partial charge in [-0.25, -0.2) is 4.79 Å². The number of methoxy groups -OCH3 is 1. The molecule has 24 heavy (non-hydrogen) atoms. The van der Waals surface area contributed by atoms with Crippen LogP contribution in [0, 0.1) is 13.8 Å². The van der Waals surface area contributed by atoms with Crippen molar-refractivity contribution >= 4 is 33.5 Å². The predicted octanol–water partition coefficient (Wildman–Crippen LogP) is 3.87. The number of hydrogen-bond acceptors (Lipinski definition) is 4. The van der Waals surface area contributed by atoms with E-state index >= 15 is 0 Å². The van der Waals surface area contributed by atoms with Gasteiger partial charge in [-0.2, -0.15) is 0 Å². The molecule has 0 saturated heterocycles. The predicted molar refractivity (Wildman–Crippen MR) is 95.5 cm³/mol. The number of nitrogens with one attached hydrogen (secondary N) is 1. The summed E-state index contributed by atoms with van der Waals surface area (Å²) in [6.45, 7) is 3.72. The highest BCUT2D eigenvalue weighted by atomic mass is 79.9. The maximum Gasteiger partial charge on any atom is 0.337 e. The fraction of sp³-hybridized carbons (Fsp3) is 0.222. The Hall–Kier alpha value is -2.34. The lowest BCUT2D eigenvalue weighted by Crippen LogP contribution is -2.21. The van der Waals surface area contributed by atoms with Crippen molar-refractivity contribution in [3.8, 4) is 5.75 Å². The van der Waals surface area contributed by atoms with Crippen LogP contribution in [-0.2, 0) is 9.53 Å². The number of anilines is 1. The van der Waals surface area contributed by atoms with Crippen molar-refractivity contribution in [2.75, 3.05) is 19.0 Å². The van der Waals surface area contributed by atoms with Crippen LogP contribution in [0.5, 0.6) is 5.75 Å². The molecule has 0 radical (unpaired) electrons. The third-order valence-corrected chi connectivity index (χ3v) is 3.80. The topological polar surface area (TPSA) is 64.6 Å². The molecule has 0 atom stereocenters. The third-order valence-electron chi connectivity index (χ3n) is 3.34. The minimum atomic E-state index is -0.455. The number of carbonyl (C=O) groups is 2. The van der Waals surface area contributed by atoms with E-state index < -0.39 is 5.97 Å². The van der Waals surface area contributed by atoms with Crippen LogP contribution >= 0.6 is 15.9 Å². The van der Waals surface area contributed by atoms with Crippen molar-refractivity contribution in [1.29, 1.82) is 0 Å². The number of hydrogen-bond donors (Lipinski definition) is 1. The molecule has 6 heteroatoms. The third kappa shape index (κ3) is 4.58. The lowest BCUT2D eigenvalue weighted by Gasteiger charge is -2.13. The Labute approximate surface area is 149 Å². The zero-order valence-electron chi connectivity index (χ0n) is 13.7. The van der Waals surface area contributed by atoms with Crippen molar-refractivity contribution in [1.82, 2.24) is 0 Å². The van der Waals surface area contributed by atoms with Crippen LogP contribution in [0.4, 0.5) is 5.69 Å². The van der Waals surface area contributed by atoms with E-state index in [9.17, 15) is 9.59 Å².